The zero-order chi connectivity index (χ0) is 19.6. The molecule has 0 unspecified atom stereocenters. The van der Waals surface area contributed by atoms with Crippen LogP contribution in [0.25, 0.3) is 0 Å². The van der Waals surface area contributed by atoms with E-state index in [1.807, 2.05) is 11.8 Å². The van der Waals surface area contributed by atoms with Crippen molar-refractivity contribution in [2.75, 3.05) is 19.6 Å². The highest BCUT2D eigenvalue weighted by molar-refractivity contribution is 5.94. The first-order chi connectivity index (χ1) is 12.8. The maximum absolute atomic E-state index is 12.7. The van der Waals surface area contributed by atoms with Crippen LogP contribution >= 0.6 is 0 Å². The number of benzene rings is 1. The molecule has 0 saturated carbocycles. The van der Waals surface area contributed by atoms with E-state index in [-0.39, 0.29) is 29.3 Å². The Balaban J connectivity index is 1.66. The zero-order valence-electron chi connectivity index (χ0n) is 15.5. The summed E-state index contributed by atoms with van der Waals surface area (Å²) in [6.07, 6.45) is -0.401. The van der Waals surface area contributed by atoms with Crippen molar-refractivity contribution in [1.29, 1.82) is 0 Å². The summed E-state index contributed by atoms with van der Waals surface area (Å²) in [7, 11) is 0. The Labute approximate surface area is 157 Å². The van der Waals surface area contributed by atoms with E-state index in [0.717, 1.165) is 44.4 Å². The van der Waals surface area contributed by atoms with Crippen LogP contribution in [-0.4, -0.2) is 47.3 Å². The molecule has 3 rings (SSSR count). The molecule has 1 aromatic rings. The molecular weight excluding hydrogens is 357 g/mol. The Bertz CT molecular complexity index is 687. The molecule has 2 aliphatic heterocycles. The fourth-order valence-corrected chi connectivity index (χ4v) is 4.24. The van der Waals surface area contributed by atoms with Crippen molar-refractivity contribution >= 4 is 11.8 Å². The van der Waals surface area contributed by atoms with Gasteiger partial charge in [-0.1, -0.05) is 6.92 Å². The van der Waals surface area contributed by atoms with E-state index in [1.54, 1.807) is 4.90 Å². The molecule has 2 saturated heterocycles. The summed E-state index contributed by atoms with van der Waals surface area (Å²) >= 11 is 0. The molecule has 2 amide bonds. The molecule has 7 heteroatoms. The van der Waals surface area contributed by atoms with E-state index < -0.39 is 11.7 Å². The van der Waals surface area contributed by atoms with Gasteiger partial charge in [-0.05, 0) is 55.9 Å². The van der Waals surface area contributed by atoms with Crippen LogP contribution in [0.3, 0.4) is 0 Å². The number of hydrogen-bond acceptors (Lipinski definition) is 2. The van der Waals surface area contributed by atoms with Crippen molar-refractivity contribution in [1.82, 2.24) is 9.80 Å². The van der Waals surface area contributed by atoms with Crippen LogP contribution in [0.15, 0.2) is 24.3 Å². The standard InChI is InChI=1S/C20H25F3N2O2/c1-2-4-18(26)25-11-3-5-15-13-24(12-10-17(15)25)19(27)14-6-8-16(9-7-14)20(21,22)23/h6-9,15,17H,2-5,10-13H2,1H3/t15-,17+/m1/s1. The monoisotopic (exact) mass is 382 g/mol. The van der Waals surface area contributed by atoms with Crippen molar-refractivity contribution in [3.05, 3.63) is 35.4 Å². The number of carbonyl (C=O) groups excluding carboxylic acids is 2. The molecule has 0 N–H and O–H groups in total. The average molecular weight is 382 g/mol. The number of nitrogens with zero attached hydrogens (tertiary/aromatic N) is 2. The summed E-state index contributed by atoms with van der Waals surface area (Å²) in [5.74, 6) is 0.195. The van der Waals surface area contributed by atoms with Gasteiger partial charge in [-0.15, -0.1) is 0 Å². The van der Waals surface area contributed by atoms with Gasteiger partial charge in [0.1, 0.15) is 0 Å². The van der Waals surface area contributed by atoms with Crippen LogP contribution in [0.1, 0.15) is 54.9 Å². The summed E-state index contributed by atoms with van der Waals surface area (Å²) in [5, 5.41) is 0. The molecule has 2 fully saturated rings. The lowest BCUT2D eigenvalue weighted by Gasteiger charge is -2.47. The number of hydrogen-bond donors (Lipinski definition) is 0. The van der Waals surface area contributed by atoms with Gasteiger partial charge in [-0.25, -0.2) is 0 Å². The van der Waals surface area contributed by atoms with Crippen molar-refractivity contribution < 1.29 is 22.8 Å². The molecule has 2 atom stereocenters. The lowest BCUT2D eigenvalue weighted by molar-refractivity contribution is -0.138. The van der Waals surface area contributed by atoms with Crippen molar-refractivity contribution in [2.45, 2.75) is 51.2 Å². The molecule has 0 radical (unpaired) electrons. The van der Waals surface area contributed by atoms with Crippen LogP contribution in [0.5, 0.6) is 0 Å². The predicted molar refractivity (Wildman–Crippen MR) is 95.1 cm³/mol. The highest BCUT2D eigenvalue weighted by Crippen LogP contribution is 2.32. The Kier molecular flexibility index (Phi) is 5.77. The van der Waals surface area contributed by atoms with Gasteiger partial charge >= 0.3 is 6.18 Å². The fraction of sp³-hybridized carbons (Fsp3) is 0.600. The third-order valence-corrected chi connectivity index (χ3v) is 5.60. The topological polar surface area (TPSA) is 40.6 Å². The van der Waals surface area contributed by atoms with Crippen molar-refractivity contribution in [3.8, 4) is 0 Å². The first-order valence-electron chi connectivity index (χ1n) is 9.57. The minimum atomic E-state index is -4.41. The van der Waals surface area contributed by atoms with Crippen LogP contribution in [-0.2, 0) is 11.0 Å². The van der Waals surface area contributed by atoms with Crippen LogP contribution < -0.4 is 0 Å². The Hall–Kier alpha value is -2.05. The normalized spacial score (nSPS) is 23.1. The summed E-state index contributed by atoms with van der Waals surface area (Å²) < 4.78 is 38.1. The summed E-state index contributed by atoms with van der Waals surface area (Å²) in [4.78, 5) is 28.8. The highest BCUT2D eigenvalue weighted by Gasteiger charge is 2.39. The van der Waals surface area contributed by atoms with Crippen LogP contribution in [0, 0.1) is 5.92 Å². The van der Waals surface area contributed by atoms with Gasteiger partial charge in [0.2, 0.25) is 5.91 Å². The lowest BCUT2D eigenvalue weighted by atomic mass is 9.83. The largest absolute Gasteiger partial charge is 0.416 e. The minimum Gasteiger partial charge on any atom is -0.339 e. The average Bonchev–Trinajstić information content (AvgIpc) is 2.66. The number of amides is 2. The van der Waals surface area contributed by atoms with Crippen LogP contribution in [0.2, 0.25) is 0 Å². The number of piperidine rings is 2. The Morgan fingerprint density at radius 3 is 2.44 bits per heavy atom. The van der Waals surface area contributed by atoms with E-state index in [4.69, 9.17) is 0 Å². The molecule has 0 aliphatic carbocycles. The zero-order valence-corrected chi connectivity index (χ0v) is 15.5. The third-order valence-electron chi connectivity index (χ3n) is 5.60. The molecule has 0 bridgehead atoms. The number of halogens is 3. The highest BCUT2D eigenvalue weighted by atomic mass is 19.4. The summed E-state index contributed by atoms with van der Waals surface area (Å²) in [6.45, 7) is 3.86. The van der Waals surface area contributed by atoms with Gasteiger partial charge in [0.15, 0.2) is 0 Å². The second kappa shape index (κ2) is 7.90. The quantitative estimate of drug-likeness (QED) is 0.794. The fourth-order valence-electron chi connectivity index (χ4n) is 4.24. The van der Waals surface area contributed by atoms with Crippen molar-refractivity contribution in [3.63, 3.8) is 0 Å². The second-order valence-electron chi connectivity index (χ2n) is 7.42. The molecule has 2 heterocycles. The minimum absolute atomic E-state index is 0.175. The Morgan fingerprint density at radius 1 is 1.11 bits per heavy atom. The van der Waals surface area contributed by atoms with E-state index in [0.29, 0.717) is 19.5 Å². The molecule has 0 spiro atoms. The van der Waals surface area contributed by atoms with Crippen LogP contribution in [0.4, 0.5) is 13.2 Å². The number of likely N-dealkylation sites (tertiary alicyclic amines) is 2. The number of carbonyl (C=O) groups is 2. The van der Waals surface area contributed by atoms with E-state index in [1.165, 1.54) is 12.1 Å². The van der Waals surface area contributed by atoms with Crippen molar-refractivity contribution in [2.24, 2.45) is 5.92 Å². The SMILES string of the molecule is CCCC(=O)N1CCC[C@@H]2CN(C(=O)c3ccc(C(F)(F)F)cc3)CC[C@@H]21. The number of fused-ring (bicyclic) bond motifs is 1. The van der Waals surface area contributed by atoms with E-state index in [9.17, 15) is 22.8 Å². The smallest absolute Gasteiger partial charge is 0.339 e. The molecule has 27 heavy (non-hydrogen) atoms. The summed E-state index contributed by atoms with van der Waals surface area (Å²) in [5.41, 5.74) is -0.480. The number of alkyl halides is 3. The maximum atomic E-state index is 12.7. The summed E-state index contributed by atoms with van der Waals surface area (Å²) in [6, 6.07) is 4.57. The predicted octanol–water partition coefficient (Wildman–Crippen LogP) is 3.96. The molecule has 0 aromatic heterocycles. The van der Waals surface area contributed by atoms with E-state index >= 15 is 0 Å². The lowest BCUT2D eigenvalue weighted by Crippen LogP contribution is -2.56. The maximum Gasteiger partial charge on any atom is 0.416 e. The van der Waals surface area contributed by atoms with Gasteiger partial charge in [-0.3, -0.25) is 9.59 Å². The second-order valence-corrected chi connectivity index (χ2v) is 7.42. The molecule has 4 nitrogen and oxygen atoms in total. The molecular formula is C20H25F3N2O2. The molecule has 2 aliphatic rings. The van der Waals surface area contributed by atoms with Gasteiger partial charge in [0.05, 0.1) is 5.56 Å². The third kappa shape index (κ3) is 4.28. The van der Waals surface area contributed by atoms with Gasteiger partial charge in [0.25, 0.3) is 5.91 Å². The first kappa shape index (κ1) is 19.7. The van der Waals surface area contributed by atoms with Gasteiger partial charge in [0, 0.05) is 37.7 Å². The Morgan fingerprint density at radius 2 is 1.81 bits per heavy atom. The van der Waals surface area contributed by atoms with Gasteiger partial charge in [-0.2, -0.15) is 13.2 Å². The van der Waals surface area contributed by atoms with E-state index in [2.05, 4.69) is 0 Å². The first-order valence-corrected chi connectivity index (χ1v) is 9.57. The molecule has 148 valence electrons. The number of rotatable bonds is 3. The molecule has 1 aromatic carbocycles. The van der Waals surface area contributed by atoms with Gasteiger partial charge < -0.3 is 9.80 Å².